The zero-order chi connectivity index (χ0) is 17.1. The molecule has 0 aromatic heterocycles. The molecule has 1 aromatic carbocycles. The lowest BCUT2D eigenvalue weighted by Crippen LogP contribution is -2.51. The number of nitrogens with one attached hydrogen (secondary N) is 1. The van der Waals surface area contributed by atoms with Gasteiger partial charge in [0.25, 0.3) is 0 Å². The molecule has 0 aliphatic carbocycles. The average molecular weight is 322 g/mol. The first-order valence-electron chi connectivity index (χ1n) is 8.60. The Morgan fingerprint density at radius 2 is 1.27 bits per heavy atom. The van der Waals surface area contributed by atoms with Gasteiger partial charge in [-0.15, -0.1) is 0 Å². The van der Waals surface area contributed by atoms with Gasteiger partial charge in [-0.2, -0.15) is 0 Å². The SMILES string of the molecule is Cc1cc(C)c(CNO[Si](C(C)C)(C(C)C)C(C)C)c(C)c1. The molecule has 0 heterocycles. The van der Waals surface area contributed by atoms with E-state index in [0.717, 1.165) is 6.54 Å². The van der Waals surface area contributed by atoms with Crippen molar-refractivity contribution in [2.24, 2.45) is 0 Å². The van der Waals surface area contributed by atoms with Gasteiger partial charge < -0.3 is 4.53 Å². The molecule has 0 amide bonds. The molecule has 0 aliphatic heterocycles. The Hall–Kier alpha value is -0.643. The predicted molar refractivity (Wildman–Crippen MR) is 99.6 cm³/mol. The summed E-state index contributed by atoms with van der Waals surface area (Å²) >= 11 is 0. The van der Waals surface area contributed by atoms with Crippen molar-refractivity contribution in [3.05, 3.63) is 34.4 Å². The summed E-state index contributed by atoms with van der Waals surface area (Å²) < 4.78 is 6.45. The standard InChI is InChI=1S/C19H35NOSi/c1-13(2)22(14(3)4,15(5)6)21-20-12-19-17(8)10-16(7)11-18(19)9/h10-11,13-15,20H,12H2,1-9H3. The molecular formula is C19H35NOSi. The first kappa shape index (κ1) is 19.4. The van der Waals surface area contributed by atoms with Gasteiger partial charge >= 0.3 is 0 Å². The van der Waals surface area contributed by atoms with Crippen molar-refractivity contribution < 1.29 is 4.53 Å². The van der Waals surface area contributed by atoms with Crippen LogP contribution in [0.4, 0.5) is 0 Å². The highest BCUT2D eigenvalue weighted by atomic mass is 28.4. The lowest BCUT2D eigenvalue weighted by Gasteiger charge is -2.41. The van der Waals surface area contributed by atoms with E-state index in [1.54, 1.807) is 0 Å². The number of hydrogen-bond donors (Lipinski definition) is 1. The molecule has 1 aromatic rings. The molecular weight excluding hydrogens is 286 g/mol. The maximum atomic E-state index is 6.45. The molecule has 0 saturated heterocycles. The van der Waals surface area contributed by atoms with Crippen LogP contribution in [-0.2, 0) is 11.1 Å². The zero-order valence-corrected chi connectivity index (χ0v) is 17.0. The summed E-state index contributed by atoms with van der Waals surface area (Å²) in [4.78, 5) is 0. The second-order valence-electron chi connectivity index (χ2n) is 7.62. The number of rotatable bonds is 7. The summed E-state index contributed by atoms with van der Waals surface area (Å²) in [6.45, 7) is 21.2. The van der Waals surface area contributed by atoms with Crippen molar-refractivity contribution in [3.8, 4) is 0 Å². The van der Waals surface area contributed by atoms with Crippen LogP contribution in [0.1, 0.15) is 63.8 Å². The molecule has 0 radical (unpaired) electrons. The summed E-state index contributed by atoms with van der Waals surface area (Å²) in [5.74, 6) is 0. The van der Waals surface area contributed by atoms with E-state index < -0.39 is 8.32 Å². The smallest absolute Gasteiger partial charge is 0.228 e. The van der Waals surface area contributed by atoms with Crippen molar-refractivity contribution in [3.63, 3.8) is 0 Å². The predicted octanol–water partition coefficient (Wildman–Crippen LogP) is 5.81. The Morgan fingerprint density at radius 1 is 0.864 bits per heavy atom. The molecule has 1 rings (SSSR count). The van der Waals surface area contributed by atoms with Crippen LogP contribution in [0.15, 0.2) is 12.1 Å². The summed E-state index contributed by atoms with van der Waals surface area (Å²) in [6, 6.07) is 4.50. The minimum absolute atomic E-state index is 0.597. The molecule has 22 heavy (non-hydrogen) atoms. The topological polar surface area (TPSA) is 21.3 Å². The van der Waals surface area contributed by atoms with Gasteiger partial charge in [-0.25, -0.2) is 5.48 Å². The summed E-state index contributed by atoms with van der Waals surface area (Å²) in [5, 5.41) is 0. The highest BCUT2D eigenvalue weighted by Gasteiger charge is 2.45. The zero-order valence-electron chi connectivity index (χ0n) is 16.0. The molecule has 0 spiro atoms. The van der Waals surface area contributed by atoms with Gasteiger partial charge in [0.15, 0.2) is 0 Å². The molecule has 126 valence electrons. The van der Waals surface area contributed by atoms with Gasteiger partial charge in [0.05, 0.1) is 0 Å². The third-order valence-corrected chi connectivity index (χ3v) is 11.0. The van der Waals surface area contributed by atoms with E-state index in [-0.39, 0.29) is 0 Å². The van der Waals surface area contributed by atoms with Crippen molar-refractivity contribution >= 4 is 8.32 Å². The van der Waals surface area contributed by atoms with E-state index in [0.29, 0.717) is 16.6 Å². The van der Waals surface area contributed by atoms with Gasteiger partial charge in [-0.3, -0.25) is 0 Å². The molecule has 0 aliphatic rings. The first-order valence-corrected chi connectivity index (χ1v) is 10.7. The van der Waals surface area contributed by atoms with Gasteiger partial charge in [0.2, 0.25) is 8.32 Å². The number of aryl methyl sites for hydroxylation is 3. The summed E-state index contributed by atoms with van der Waals surface area (Å²) in [5.41, 5.74) is 10.5. The first-order chi connectivity index (χ1) is 10.1. The number of hydroxylamine groups is 1. The normalized spacial score (nSPS) is 12.7. The van der Waals surface area contributed by atoms with Crippen LogP contribution < -0.4 is 5.48 Å². The Morgan fingerprint density at radius 3 is 1.64 bits per heavy atom. The number of benzene rings is 1. The Labute approximate surface area is 138 Å². The van der Waals surface area contributed by atoms with Crippen LogP contribution in [0.2, 0.25) is 16.6 Å². The highest BCUT2D eigenvalue weighted by molar-refractivity contribution is 6.77. The maximum Gasteiger partial charge on any atom is 0.228 e. The van der Waals surface area contributed by atoms with Gasteiger partial charge in [-0.05, 0) is 54.1 Å². The minimum atomic E-state index is -1.84. The van der Waals surface area contributed by atoms with E-state index in [4.69, 9.17) is 4.53 Å². The van der Waals surface area contributed by atoms with E-state index in [9.17, 15) is 0 Å². The quantitative estimate of drug-likeness (QED) is 0.505. The van der Waals surface area contributed by atoms with Crippen LogP contribution in [0.3, 0.4) is 0 Å². The molecule has 0 saturated carbocycles. The molecule has 0 bridgehead atoms. The Kier molecular flexibility index (Phi) is 6.84. The monoisotopic (exact) mass is 321 g/mol. The third kappa shape index (κ3) is 4.00. The van der Waals surface area contributed by atoms with E-state index >= 15 is 0 Å². The molecule has 0 unspecified atom stereocenters. The third-order valence-electron chi connectivity index (χ3n) is 5.05. The molecule has 0 atom stereocenters. The van der Waals surface area contributed by atoms with Crippen molar-refractivity contribution in [2.45, 2.75) is 85.5 Å². The van der Waals surface area contributed by atoms with Gasteiger partial charge in [0.1, 0.15) is 0 Å². The van der Waals surface area contributed by atoms with Crippen LogP contribution in [-0.4, -0.2) is 8.32 Å². The van der Waals surface area contributed by atoms with Crippen LogP contribution in [0, 0.1) is 20.8 Å². The fourth-order valence-corrected chi connectivity index (χ4v) is 9.10. The summed E-state index contributed by atoms with van der Waals surface area (Å²) in [7, 11) is -1.84. The fourth-order valence-electron chi connectivity index (χ4n) is 4.08. The Bertz CT molecular complexity index is 449. The van der Waals surface area contributed by atoms with Crippen LogP contribution >= 0.6 is 0 Å². The molecule has 3 heteroatoms. The fraction of sp³-hybridized carbons (Fsp3) is 0.684. The second-order valence-corrected chi connectivity index (χ2v) is 13.0. The second kappa shape index (κ2) is 7.76. The molecule has 0 fully saturated rings. The van der Waals surface area contributed by atoms with Crippen molar-refractivity contribution in [1.82, 2.24) is 5.48 Å². The van der Waals surface area contributed by atoms with E-state index in [2.05, 4.69) is 79.9 Å². The number of hydrogen-bond acceptors (Lipinski definition) is 2. The average Bonchev–Trinajstić information content (AvgIpc) is 2.35. The minimum Gasteiger partial charge on any atom is -0.344 e. The van der Waals surface area contributed by atoms with Crippen LogP contribution in [0.5, 0.6) is 0 Å². The Balaban J connectivity index is 2.88. The van der Waals surface area contributed by atoms with E-state index in [1.807, 2.05) is 0 Å². The lowest BCUT2D eigenvalue weighted by molar-refractivity contribution is 0.160. The maximum absolute atomic E-state index is 6.45. The van der Waals surface area contributed by atoms with Crippen molar-refractivity contribution in [2.75, 3.05) is 0 Å². The van der Waals surface area contributed by atoms with Crippen molar-refractivity contribution in [1.29, 1.82) is 0 Å². The summed E-state index contributed by atoms with van der Waals surface area (Å²) in [6.07, 6.45) is 0. The van der Waals surface area contributed by atoms with Crippen LogP contribution in [0.25, 0.3) is 0 Å². The highest BCUT2D eigenvalue weighted by Crippen LogP contribution is 2.41. The lowest BCUT2D eigenvalue weighted by atomic mass is 10.0. The van der Waals surface area contributed by atoms with Gasteiger partial charge in [0, 0.05) is 6.54 Å². The largest absolute Gasteiger partial charge is 0.344 e. The van der Waals surface area contributed by atoms with Gasteiger partial charge in [-0.1, -0.05) is 59.2 Å². The molecule has 1 N–H and O–H groups in total. The molecule has 2 nitrogen and oxygen atoms in total. The van der Waals surface area contributed by atoms with E-state index in [1.165, 1.54) is 22.3 Å².